The van der Waals surface area contributed by atoms with Gasteiger partial charge < -0.3 is 4.90 Å². The minimum absolute atomic E-state index is 0.0557. The van der Waals surface area contributed by atoms with Crippen LogP contribution in [0.25, 0.3) is 64.0 Å². The third-order valence-electron chi connectivity index (χ3n) is 10.6. The second kappa shape index (κ2) is 10.7. The lowest BCUT2D eigenvalue weighted by Gasteiger charge is -2.26. The highest BCUT2D eigenvalue weighted by Crippen LogP contribution is 2.56. The molecular weight excluding hydrogens is 611 g/mol. The third-order valence-corrected chi connectivity index (χ3v) is 11.8. The van der Waals surface area contributed by atoms with Crippen LogP contribution in [0.2, 0.25) is 0 Å². The van der Waals surface area contributed by atoms with E-state index in [0.29, 0.717) is 0 Å². The van der Waals surface area contributed by atoms with E-state index >= 15 is 0 Å². The van der Waals surface area contributed by atoms with E-state index in [0.717, 1.165) is 17.1 Å². The Morgan fingerprint density at radius 1 is 0.429 bits per heavy atom. The highest BCUT2D eigenvalue weighted by molar-refractivity contribution is 7.22. The summed E-state index contributed by atoms with van der Waals surface area (Å²) in [5.74, 6) is 0. The predicted molar refractivity (Wildman–Crippen MR) is 212 cm³/mol. The molecule has 10 rings (SSSR count). The van der Waals surface area contributed by atoms with E-state index in [1.165, 1.54) is 75.1 Å². The number of anilines is 3. The fourth-order valence-electron chi connectivity index (χ4n) is 8.29. The van der Waals surface area contributed by atoms with Gasteiger partial charge in [-0.2, -0.15) is 0 Å². The number of rotatable bonds is 4. The van der Waals surface area contributed by atoms with Crippen molar-refractivity contribution in [3.63, 3.8) is 0 Å². The summed E-state index contributed by atoms with van der Waals surface area (Å²) < 4.78 is 1.38. The molecule has 1 aliphatic carbocycles. The van der Waals surface area contributed by atoms with E-state index < -0.39 is 0 Å². The van der Waals surface area contributed by atoms with E-state index in [2.05, 4.69) is 183 Å². The molecule has 0 atom stereocenters. The van der Waals surface area contributed by atoms with Crippen LogP contribution in [0.1, 0.15) is 25.0 Å². The molecule has 1 nitrogen and oxygen atoms in total. The average molecular weight is 644 g/mol. The van der Waals surface area contributed by atoms with Gasteiger partial charge in [-0.1, -0.05) is 123 Å². The normalized spacial score (nSPS) is 13.3. The molecular formula is C47H33NS. The molecule has 0 unspecified atom stereocenters. The van der Waals surface area contributed by atoms with Gasteiger partial charge in [-0.3, -0.25) is 0 Å². The second-order valence-corrected chi connectivity index (χ2v) is 14.8. The Balaban J connectivity index is 1.16. The van der Waals surface area contributed by atoms with Crippen LogP contribution in [0.15, 0.2) is 164 Å². The van der Waals surface area contributed by atoms with E-state index in [9.17, 15) is 0 Å². The maximum absolute atomic E-state index is 2.46. The fourth-order valence-corrected chi connectivity index (χ4v) is 9.70. The van der Waals surface area contributed by atoms with Crippen molar-refractivity contribution in [2.75, 3.05) is 4.90 Å². The molecule has 0 spiro atoms. The first-order valence-corrected chi connectivity index (χ1v) is 17.8. The summed E-state index contributed by atoms with van der Waals surface area (Å²) in [5.41, 5.74) is 10.2. The average Bonchev–Trinajstić information content (AvgIpc) is 3.65. The molecule has 2 heteroatoms. The summed E-state index contributed by atoms with van der Waals surface area (Å²) in [6.45, 7) is 4.79. The minimum atomic E-state index is -0.0557. The first-order valence-electron chi connectivity index (χ1n) is 17.0. The molecule has 0 fully saturated rings. The summed E-state index contributed by atoms with van der Waals surface area (Å²) in [6.07, 6.45) is 0. The van der Waals surface area contributed by atoms with Crippen molar-refractivity contribution >= 4 is 70.8 Å². The topological polar surface area (TPSA) is 3.24 Å². The molecule has 9 aromatic rings. The monoisotopic (exact) mass is 643 g/mol. The van der Waals surface area contributed by atoms with Gasteiger partial charge in [-0.25, -0.2) is 0 Å². The molecule has 0 aliphatic heterocycles. The number of hydrogen-bond donors (Lipinski definition) is 0. The van der Waals surface area contributed by atoms with Crippen molar-refractivity contribution in [2.45, 2.75) is 19.3 Å². The van der Waals surface area contributed by atoms with Gasteiger partial charge in [0.1, 0.15) is 0 Å². The first kappa shape index (κ1) is 28.3. The molecule has 49 heavy (non-hydrogen) atoms. The predicted octanol–water partition coefficient (Wildman–Crippen LogP) is 13.8. The lowest BCUT2D eigenvalue weighted by Crippen LogP contribution is -2.15. The molecule has 232 valence electrons. The van der Waals surface area contributed by atoms with Gasteiger partial charge in [-0.15, -0.1) is 11.3 Å². The summed E-state index contributed by atoms with van der Waals surface area (Å²) in [4.78, 5) is 3.78. The number of thiophene rings is 1. The van der Waals surface area contributed by atoms with Crippen LogP contribution in [-0.2, 0) is 5.41 Å². The van der Waals surface area contributed by atoms with Crippen LogP contribution in [-0.4, -0.2) is 0 Å². The Labute approximate surface area is 290 Å². The van der Waals surface area contributed by atoms with E-state index in [-0.39, 0.29) is 5.41 Å². The zero-order valence-electron chi connectivity index (χ0n) is 27.4. The molecule has 0 bridgehead atoms. The summed E-state index contributed by atoms with van der Waals surface area (Å²) in [5, 5.41) is 9.07. The summed E-state index contributed by atoms with van der Waals surface area (Å²) >= 11 is 1.93. The Bertz CT molecular complexity index is 2700. The largest absolute Gasteiger partial charge is 0.310 e. The van der Waals surface area contributed by atoms with Crippen LogP contribution in [0.5, 0.6) is 0 Å². The Kier molecular flexibility index (Phi) is 6.16. The number of fused-ring (bicyclic) bond motifs is 11. The maximum atomic E-state index is 2.46. The maximum Gasteiger partial charge on any atom is 0.0468 e. The molecule has 8 aromatic carbocycles. The van der Waals surface area contributed by atoms with Crippen LogP contribution in [0.4, 0.5) is 17.1 Å². The lowest BCUT2D eigenvalue weighted by atomic mass is 9.80. The molecule has 0 radical (unpaired) electrons. The van der Waals surface area contributed by atoms with E-state index in [1.807, 2.05) is 11.3 Å². The highest BCUT2D eigenvalue weighted by atomic mass is 32.1. The molecule has 1 aliphatic rings. The molecule has 1 aromatic heterocycles. The van der Waals surface area contributed by atoms with Crippen LogP contribution < -0.4 is 4.90 Å². The van der Waals surface area contributed by atoms with E-state index in [1.54, 1.807) is 0 Å². The first-order chi connectivity index (χ1) is 24.1. The smallest absolute Gasteiger partial charge is 0.0468 e. The molecule has 1 heterocycles. The summed E-state index contributed by atoms with van der Waals surface area (Å²) in [7, 11) is 0. The lowest BCUT2D eigenvalue weighted by molar-refractivity contribution is 0.667. The van der Waals surface area contributed by atoms with Crippen molar-refractivity contribution in [1.29, 1.82) is 0 Å². The van der Waals surface area contributed by atoms with Crippen molar-refractivity contribution in [1.82, 2.24) is 0 Å². The van der Waals surface area contributed by atoms with Gasteiger partial charge in [0.15, 0.2) is 0 Å². The Morgan fingerprint density at radius 2 is 0.959 bits per heavy atom. The summed E-state index contributed by atoms with van der Waals surface area (Å²) in [6, 6.07) is 60.3. The zero-order valence-corrected chi connectivity index (χ0v) is 28.3. The van der Waals surface area contributed by atoms with Crippen LogP contribution >= 0.6 is 11.3 Å². The van der Waals surface area contributed by atoms with Gasteiger partial charge in [0.25, 0.3) is 0 Å². The van der Waals surface area contributed by atoms with Gasteiger partial charge in [0.2, 0.25) is 0 Å². The van der Waals surface area contributed by atoms with Crippen LogP contribution in [0, 0.1) is 0 Å². The van der Waals surface area contributed by atoms with Crippen molar-refractivity contribution in [2.24, 2.45) is 0 Å². The van der Waals surface area contributed by atoms with Crippen molar-refractivity contribution in [3.8, 4) is 21.6 Å². The fraction of sp³-hybridized carbons (Fsp3) is 0.0638. The Morgan fingerprint density at radius 3 is 1.69 bits per heavy atom. The number of benzene rings is 8. The van der Waals surface area contributed by atoms with Crippen molar-refractivity contribution < 1.29 is 0 Å². The number of hydrogen-bond acceptors (Lipinski definition) is 2. The van der Waals surface area contributed by atoms with Gasteiger partial charge in [0.05, 0.1) is 0 Å². The van der Waals surface area contributed by atoms with Gasteiger partial charge >= 0.3 is 0 Å². The zero-order chi connectivity index (χ0) is 32.7. The second-order valence-electron chi connectivity index (χ2n) is 13.7. The quantitative estimate of drug-likeness (QED) is 0.173. The van der Waals surface area contributed by atoms with E-state index in [4.69, 9.17) is 0 Å². The molecule has 0 amide bonds. The highest BCUT2D eigenvalue weighted by Gasteiger charge is 2.38. The standard InChI is InChI=1S/C47H33NS/c1-47(2)43-28-31(22-25-39(43)46-45(47)40-19-11-12-20-44(40)49-46)30-21-24-38-41(27-30)36-18-10-9-17-35(36)37-26-23-34(29-42(37)38)48(32-13-5-3-6-14-32)33-15-7-4-8-16-33/h3-29H,1-2H3. The van der Waals surface area contributed by atoms with Crippen LogP contribution in [0.3, 0.4) is 0 Å². The van der Waals surface area contributed by atoms with Crippen molar-refractivity contribution in [3.05, 3.63) is 175 Å². The number of para-hydroxylation sites is 2. The van der Waals surface area contributed by atoms with Gasteiger partial charge in [0, 0.05) is 32.1 Å². The third kappa shape index (κ3) is 4.24. The number of nitrogens with zero attached hydrogens (tertiary/aromatic N) is 1. The molecule has 0 saturated carbocycles. The molecule has 0 N–H and O–H groups in total. The van der Waals surface area contributed by atoms with Gasteiger partial charge in [-0.05, 0) is 120 Å². The Hall–Kier alpha value is -5.70. The SMILES string of the molecule is CC1(C)c2cc(-c3ccc4c(c3)c3ccccc3c3ccc(N(c5ccccc5)c5ccccc5)cc34)ccc2-c2sc3ccccc3c21. The molecule has 0 saturated heterocycles. The minimum Gasteiger partial charge on any atom is -0.310 e.